The van der Waals surface area contributed by atoms with Crippen molar-refractivity contribution in [3.63, 3.8) is 0 Å². The summed E-state index contributed by atoms with van der Waals surface area (Å²) in [6.07, 6.45) is -1.79. The minimum atomic E-state index is -4.66. The first-order valence-corrected chi connectivity index (χ1v) is 14.1. The number of carbonyl (C=O) groups excluding carboxylic acids is 3. The van der Waals surface area contributed by atoms with Crippen molar-refractivity contribution in [1.29, 1.82) is 5.26 Å². The average Bonchev–Trinajstić information content (AvgIpc) is 3.02. The number of nitrogens with zero attached hydrogens (tertiary/aromatic N) is 3. The van der Waals surface area contributed by atoms with Crippen LogP contribution in [0.5, 0.6) is 0 Å². The Hall–Kier alpha value is -5.37. The smallest absolute Gasteiger partial charge is 0.416 e. The highest BCUT2D eigenvalue weighted by Gasteiger charge is 2.43. The predicted molar refractivity (Wildman–Crippen MR) is 160 cm³/mol. The molecule has 0 fully saturated rings. The van der Waals surface area contributed by atoms with E-state index in [1.165, 1.54) is 30.0 Å². The highest BCUT2D eigenvalue weighted by molar-refractivity contribution is 6.03. The van der Waals surface area contributed by atoms with Gasteiger partial charge in [0.25, 0.3) is 0 Å². The van der Waals surface area contributed by atoms with E-state index in [2.05, 4.69) is 0 Å². The molecule has 8 nitrogen and oxygen atoms in total. The Bertz CT molecular complexity index is 1670. The number of halogens is 3. The van der Waals surface area contributed by atoms with Gasteiger partial charge >= 0.3 is 24.1 Å². The van der Waals surface area contributed by atoms with Gasteiger partial charge in [-0.25, -0.2) is 14.4 Å². The Balaban J connectivity index is 1.85. The molecule has 0 saturated heterocycles. The van der Waals surface area contributed by atoms with Crippen LogP contribution in [0.2, 0.25) is 0 Å². The standard InChI is InChI=1S/C34H30F3N3O5/c1-4-44-29(41)18-15-23-9-11-25(12-10-23)21-39-31(26-16-13-24(20-38)14-17-26)30(32(42)45-5-2)22(3)40(33(39)43)28-8-6-7-27(19-28)34(35,36)37/h6-19,31H,4-5,21H2,1-3H3. The van der Waals surface area contributed by atoms with E-state index in [0.717, 1.165) is 17.0 Å². The van der Waals surface area contributed by atoms with Crippen LogP contribution in [0.15, 0.2) is 90.1 Å². The molecule has 1 aliphatic heterocycles. The fourth-order valence-corrected chi connectivity index (χ4v) is 4.98. The second-order valence-corrected chi connectivity index (χ2v) is 9.98. The van der Waals surface area contributed by atoms with Crippen LogP contribution in [-0.2, 0) is 31.8 Å². The molecule has 0 N–H and O–H groups in total. The first-order valence-electron chi connectivity index (χ1n) is 14.1. The number of rotatable bonds is 9. The van der Waals surface area contributed by atoms with E-state index >= 15 is 0 Å². The number of amides is 2. The van der Waals surface area contributed by atoms with E-state index in [9.17, 15) is 32.8 Å². The molecule has 0 bridgehead atoms. The van der Waals surface area contributed by atoms with Gasteiger partial charge in [-0.05, 0) is 73.9 Å². The lowest BCUT2D eigenvalue weighted by Gasteiger charge is -2.43. The van der Waals surface area contributed by atoms with Crippen molar-refractivity contribution in [2.75, 3.05) is 18.1 Å². The van der Waals surface area contributed by atoms with E-state index in [1.807, 2.05) is 6.07 Å². The molecule has 0 aliphatic carbocycles. The van der Waals surface area contributed by atoms with E-state index < -0.39 is 35.8 Å². The number of hydrogen-bond acceptors (Lipinski definition) is 6. The summed E-state index contributed by atoms with van der Waals surface area (Å²) in [6.45, 7) is 5.03. The van der Waals surface area contributed by atoms with E-state index in [0.29, 0.717) is 22.3 Å². The number of esters is 2. The minimum absolute atomic E-state index is 0.0218. The van der Waals surface area contributed by atoms with Crippen molar-refractivity contribution in [3.8, 4) is 6.07 Å². The third-order valence-corrected chi connectivity index (χ3v) is 7.06. The molecule has 3 aromatic carbocycles. The van der Waals surface area contributed by atoms with Crippen LogP contribution in [-0.4, -0.2) is 36.1 Å². The molecule has 232 valence electrons. The number of nitriles is 1. The van der Waals surface area contributed by atoms with E-state index in [1.54, 1.807) is 68.5 Å². The monoisotopic (exact) mass is 617 g/mol. The Morgan fingerprint density at radius 1 is 0.978 bits per heavy atom. The first kappa shape index (κ1) is 32.5. The van der Waals surface area contributed by atoms with Crippen LogP contribution in [0.1, 0.15) is 54.6 Å². The second kappa shape index (κ2) is 13.9. The number of urea groups is 1. The van der Waals surface area contributed by atoms with Crippen LogP contribution < -0.4 is 4.90 Å². The number of ether oxygens (including phenoxy) is 2. The van der Waals surface area contributed by atoms with Gasteiger partial charge < -0.3 is 14.4 Å². The Labute approximate surface area is 258 Å². The third kappa shape index (κ3) is 7.41. The van der Waals surface area contributed by atoms with Gasteiger partial charge in [0.05, 0.1) is 47.7 Å². The Kier molecular flexibility index (Phi) is 10.1. The summed E-state index contributed by atoms with van der Waals surface area (Å²) in [7, 11) is 0. The minimum Gasteiger partial charge on any atom is -0.463 e. The predicted octanol–water partition coefficient (Wildman–Crippen LogP) is 7.17. The molecule has 0 aromatic heterocycles. The second-order valence-electron chi connectivity index (χ2n) is 9.98. The van der Waals surface area contributed by atoms with Crippen molar-refractivity contribution in [2.24, 2.45) is 0 Å². The van der Waals surface area contributed by atoms with Crippen molar-refractivity contribution in [3.05, 3.63) is 118 Å². The van der Waals surface area contributed by atoms with Crippen molar-refractivity contribution >= 4 is 29.7 Å². The quantitative estimate of drug-likeness (QED) is 0.186. The number of hydrogen-bond donors (Lipinski definition) is 0. The highest BCUT2D eigenvalue weighted by Crippen LogP contribution is 2.42. The maximum absolute atomic E-state index is 14.3. The summed E-state index contributed by atoms with van der Waals surface area (Å²) in [6, 6.07) is 18.0. The van der Waals surface area contributed by atoms with Gasteiger partial charge in [0.15, 0.2) is 0 Å². The van der Waals surface area contributed by atoms with Crippen LogP contribution in [0.4, 0.5) is 23.7 Å². The van der Waals surface area contributed by atoms with Crippen molar-refractivity contribution in [1.82, 2.24) is 4.90 Å². The topological polar surface area (TPSA) is 99.9 Å². The molecule has 3 aromatic rings. The number of anilines is 1. The molecule has 1 heterocycles. The maximum Gasteiger partial charge on any atom is 0.416 e. The lowest BCUT2D eigenvalue weighted by atomic mass is 9.91. The van der Waals surface area contributed by atoms with Crippen LogP contribution in [0, 0.1) is 11.3 Å². The molecule has 45 heavy (non-hydrogen) atoms. The van der Waals surface area contributed by atoms with Gasteiger partial charge in [-0.2, -0.15) is 18.4 Å². The zero-order valence-corrected chi connectivity index (χ0v) is 24.8. The first-order chi connectivity index (χ1) is 21.5. The maximum atomic E-state index is 14.3. The summed E-state index contributed by atoms with van der Waals surface area (Å²) >= 11 is 0. The zero-order chi connectivity index (χ0) is 32.7. The van der Waals surface area contributed by atoms with Crippen LogP contribution in [0.25, 0.3) is 6.08 Å². The summed E-state index contributed by atoms with van der Waals surface area (Å²) in [5.41, 5.74) is 1.35. The van der Waals surface area contributed by atoms with Gasteiger partial charge in [-0.3, -0.25) is 4.90 Å². The lowest BCUT2D eigenvalue weighted by Crippen LogP contribution is -2.50. The summed E-state index contributed by atoms with van der Waals surface area (Å²) in [4.78, 5) is 42.0. The highest BCUT2D eigenvalue weighted by atomic mass is 19.4. The SMILES string of the molecule is CCOC(=O)C=Cc1ccc(CN2C(=O)N(c3cccc(C(F)(F)F)c3)C(C)=C(C(=O)OCC)C2c2ccc(C#N)cc2)cc1. The molecule has 1 unspecified atom stereocenters. The van der Waals surface area contributed by atoms with Crippen molar-refractivity contribution < 1.29 is 37.0 Å². The van der Waals surface area contributed by atoms with Gasteiger partial charge in [0.1, 0.15) is 0 Å². The molecule has 0 spiro atoms. The Morgan fingerprint density at radius 3 is 2.24 bits per heavy atom. The van der Waals surface area contributed by atoms with Crippen LogP contribution >= 0.6 is 0 Å². The Morgan fingerprint density at radius 2 is 1.64 bits per heavy atom. The molecule has 0 saturated carbocycles. The summed E-state index contributed by atoms with van der Waals surface area (Å²) < 4.78 is 51.3. The van der Waals surface area contributed by atoms with Gasteiger partial charge in [-0.15, -0.1) is 0 Å². The number of alkyl halides is 3. The van der Waals surface area contributed by atoms with Crippen LogP contribution in [0.3, 0.4) is 0 Å². The molecule has 0 radical (unpaired) electrons. The van der Waals surface area contributed by atoms with Gasteiger partial charge in [-0.1, -0.05) is 42.5 Å². The number of carbonyl (C=O) groups is 3. The fourth-order valence-electron chi connectivity index (χ4n) is 4.98. The molecular formula is C34H30F3N3O5. The summed E-state index contributed by atoms with van der Waals surface area (Å²) in [5, 5.41) is 9.32. The number of benzene rings is 3. The molecule has 1 aliphatic rings. The van der Waals surface area contributed by atoms with E-state index in [4.69, 9.17) is 9.47 Å². The largest absolute Gasteiger partial charge is 0.463 e. The molecule has 2 amide bonds. The fraction of sp³-hybridized carbons (Fsp3) is 0.235. The normalized spacial score (nSPS) is 15.3. The molecular weight excluding hydrogens is 587 g/mol. The van der Waals surface area contributed by atoms with Gasteiger partial charge in [0.2, 0.25) is 0 Å². The lowest BCUT2D eigenvalue weighted by molar-refractivity contribution is -0.140. The molecule has 4 rings (SSSR count). The molecule has 1 atom stereocenters. The van der Waals surface area contributed by atoms with E-state index in [-0.39, 0.29) is 36.7 Å². The van der Waals surface area contributed by atoms with Crippen molar-refractivity contribution in [2.45, 2.75) is 39.5 Å². The third-order valence-electron chi connectivity index (χ3n) is 7.06. The van der Waals surface area contributed by atoms with Gasteiger partial charge in [0, 0.05) is 18.3 Å². The zero-order valence-electron chi connectivity index (χ0n) is 24.8. The number of allylic oxidation sites excluding steroid dienone is 1. The molecule has 11 heteroatoms. The summed E-state index contributed by atoms with van der Waals surface area (Å²) in [5.74, 6) is -1.23. The average molecular weight is 618 g/mol.